The minimum absolute atomic E-state index is 0.00579. The molecule has 0 aliphatic heterocycles. The van der Waals surface area contributed by atoms with E-state index < -0.39 is 15.7 Å². The molecule has 0 aliphatic carbocycles. The molecule has 4 heteroatoms. The highest BCUT2D eigenvalue weighted by Crippen LogP contribution is 2.26. The minimum Gasteiger partial charge on any atom is -0.260 e. The van der Waals surface area contributed by atoms with Gasteiger partial charge in [-0.1, -0.05) is 39.8 Å². The Balaban J connectivity index is 3.04. The molecule has 0 unspecified atom stereocenters. The predicted octanol–water partition coefficient (Wildman–Crippen LogP) is 3.88. The molecule has 0 spiro atoms. The van der Waals surface area contributed by atoms with Crippen LogP contribution in [0.25, 0.3) is 0 Å². The summed E-state index contributed by atoms with van der Waals surface area (Å²) in [6, 6.07) is 6.91. The van der Waals surface area contributed by atoms with Gasteiger partial charge in [0.05, 0.1) is 10.5 Å². The predicted molar refractivity (Wildman–Crippen MR) is 77.8 cm³/mol. The molecule has 0 saturated heterocycles. The zero-order valence-electron chi connectivity index (χ0n) is 12.6. The fraction of sp³-hybridized carbons (Fsp3) is 0.600. The highest BCUT2D eigenvalue weighted by molar-refractivity contribution is 7.86. The van der Waals surface area contributed by atoms with E-state index in [9.17, 15) is 8.42 Å². The van der Waals surface area contributed by atoms with Gasteiger partial charge in [0.15, 0.2) is 0 Å². The summed E-state index contributed by atoms with van der Waals surface area (Å²) in [4.78, 5) is 0.210. The van der Waals surface area contributed by atoms with Gasteiger partial charge in [-0.25, -0.2) is 0 Å². The first-order chi connectivity index (χ1) is 8.48. The van der Waals surface area contributed by atoms with Crippen LogP contribution in [0.4, 0.5) is 0 Å². The van der Waals surface area contributed by atoms with E-state index in [1.54, 1.807) is 26.0 Å². The van der Waals surface area contributed by atoms with Crippen LogP contribution in [0.2, 0.25) is 0 Å². The highest BCUT2D eigenvalue weighted by Gasteiger charge is 2.26. The normalized spacial score (nSPS) is 13.6. The van der Waals surface area contributed by atoms with Crippen molar-refractivity contribution in [2.24, 2.45) is 0 Å². The lowest BCUT2D eigenvalue weighted by Gasteiger charge is -2.23. The summed E-state index contributed by atoms with van der Waals surface area (Å²) in [7, 11) is -3.69. The number of hydrogen-bond donors (Lipinski definition) is 0. The van der Waals surface area contributed by atoms with E-state index in [-0.39, 0.29) is 10.3 Å². The van der Waals surface area contributed by atoms with Crippen molar-refractivity contribution in [3.63, 3.8) is 0 Å². The lowest BCUT2D eigenvalue weighted by molar-refractivity contribution is 0.114. The van der Waals surface area contributed by atoms with E-state index in [1.165, 1.54) is 0 Å². The SMILES string of the molecule is CCC(C)(C)OS(=O)(=O)c1ccc(C(C)(C)C)cc1. The molecule has 0 amide bonds. The third-order valence-corrected chi connectivity index (χ3v) is 4.72. The van der Waals surface area contributed by atoms with Gasteiger partial charge in [0.25, 0.3) is 10.1 Å². The van der Waals surface area contributed by atoms with E-state index in [0.717, 1.165) is 5.56 Å². The van der Waals surface area contributed by atoms with Gasteiger partial charge >= 0.3 is 0 Å². The molecule has 0 saturated carbocycles. The van der Waals surface area contributed by atoms with Gasteiger partial charge in [0, 0.05) is 0 Å². The van der Waals surface area contributed by atoms with Crippen molar-refractivity contribution in [2.45, 2.75) is 63.9 Å². The zero-order valence-corrected chi connectivity index (χ0v) is 13.5. The molecule has 0 N–H and O–H groups in total. The molecule has 0 heterocycles. The van der Waals surface area contributed by atoms with Crippen molar-refractivity contribution in [1.29, 1.82) is 0 Å². The van der Waals surface area contributed by atoms with Gasteiger partial charge in [0.2, 0.25) is 0 Å². The Bertz CT molecular complexity index is 520. The molecular weight excluding hydrogens is 260 g/mol. The summed E-state index contributed by atoms with van der Waals surface area (Å²) in [6.45, 7) is 11.7. The number of hydrogen-bond acceptors (Lipinski definition) is 3. The maximum atomic E-state index is 12.1. The van der Waals surface area contributed by atoms with Gasteiger partial charge in [-0.05, 0) is 43.4 Å². The van der Waals surface area contributed by atoms with E-state index in [4.69, 9.17) is 4.18 Å². The van der Waals surface area contributed by atoms with Gasteiger partial charge in [0.1, 0.15) is 0 Å². The first-order valence-corrected chi connectivity index (χ1v) is 7.95. The Hall–Kier alpha value is -0.870. The molecule has 19 heavy (non-hydrogen) atoms. The Morgan fingerprint density at radius 1 is 1.00 bits per heavy atom. The maximum Gasteiger partial charge on any atom is 0.297 e. The van der Waals surface area contributed by atoms with Crippen LogP contribution in [-0.2, 0) is 19.7 Å². The average Bonchev–Trinajstić information content (AvgIpc) is 2.27. The molecule has 0 aliphatic rings. The molecular formula is C15H24O3S. The monoisotopic (exact) mass is 284 g/mol. The topological polar surface area (TPSA) is 43.4 Å². The lowest BCUT2D eigenvalue weighted by atomic mass is 9.87. The quantitative estimate of drug-likeness (QED) is 0.788. The molecule has 0 fully saturated rings. The summed E-state index contributed by atoms with van der Waals surface area (Å²) < 4.78 is 29.5. The third-order valence-electron chi connectivity index (χ3n) is 3.20. The molecule has 1 aromatic carbocycles. The van der Waals surface area contributed by atoms with Crippen molar-refractivity contribution < 1.29 is 12.6 Å². The molecule has 3 nitrogen and oxygen atoms in total. The van der Waals surface area contributed by atoms with Crippen LogP contribution in [-0.4, -0.2) is 14.0 Å². The van der Waals surface area contributed by atoms with Crippen molar-refractivity contribution in [1.82, 2.24) is 0 Å². The van der Waals surface area contributed by atoms with Crippen molar-refractivity contribution in [3.8, 4) is 0 Å². The second-order valence-electron chi connectivity index (χ2n) is 6.43. The van der Waals surface area contributed by atoms with Crippen LogP contribution in [0.3, 0.4) is 0 Å². The van der Waals surface area contributed by atoms with E-state index in [1.807, 2.05) is 19.1 Å². The van der Waals surface area contributed by atoms with Crippen LogP contribution in [0.15, 0.2) is 29.2 Å². The largest absolute Gasteiger partial charge is 0.297 e. The van der Waals surface area contributed by atoms with Gasteiger partial charge in [-0.3, -0.25) is 4.18 Å². The van der Waals surface area contributed by atoms with E-state index >= 15 is 0 Å². The summed E-state index contributed by atoms with van der Waals surface area (Å²) in [5.74, 6) is 0. The van der Waals surface area contributed by atoms with Crippen LogP contribution < -0.4 is 0 Å². The second kappa shape index (κ2) is 5.25. The van der Waals surface area contributed by atoms with Gasteiger partial charge < -0.3 is 0 Å². The molecule has 108 valence electrons. The Labute approximate surface area is 117 Å². The average molecular weight is 284 g/mol. The fourth-order valence-electron chi connectivity index (χ4n) is 1.53. The minimum atomic E-state index is -3.69. The van der Waals surface area contributed by atoms with E-state index in [2.05, 4.69) is 20.8 Å². The Morgan fingerprint density at radius 2 is 1.47 bits per heavy atom. The fourth-order valence-corrected chi connectivity index (χ4v) is 2.80. The summed E-state index contributed by atoms with van der Waals surface area (Å²) in [5, 5.41) is 0. The first kappa shape index (κ1) is 16.2. The standard InChI is InChI=1S/C15H24O3S/c1-7-15(5,6)18-19(16,17)13-10-8-12(9-11-13)14(2,3)4/h8-11H,7H2,1-6H3. The van der Waals surface area contributed by atoms with Gasteiger partial charge in [-0.15, -0.1) is 0 Å². The smallest absolute Gasteiger partial charge is 0.260 e. The molecule has 1 aromatic rings. The first-order valence-electron chi connectivity index (χ1n) is 6.54. The third kappa shape index (κ3) is 4.32. The Morgan fingerprint density at radius 3 is 1.84 bits per heavy atom. The Kier molecular flexibility index (Phi) is 4.47. The molecule has 0 bridgehead atoms. The maximum absolute atomic E-state index is 12.1. The lowest BCUT2D eigenvalue weighted by Crippen LogP contribution is -2.27. The van der Waals surface area contributed by atoms with Crippen molar-refractivity contribution >= 4 is 10.1 Å². The van der Waals surface area contributed by atoms with Gasteiger partial charge in [-0.2, -0.15) is 8.42 Å². The van der Waals surface area contributed by atoms with Crippen LogP contribution in [0.1, 0.15) is 53.5 Å². The molecule has 0 radical (unpaired) electrons. The highest BCUT2D eigenvalue weighted by atomic mass is 32.2. The number of rotatable bonds is 4. The molecule has 1 rings (SSSR count). The van der Waals surface area contributed by atoms with Crippen LogP contribution >= 0.6 is 0 Å². The summed E-state index contributed by atoms with van der Waals surface area (Å²) in [6.07, 6.45) is 0.631. The molecule has 0 atom stereocenters. The van der Waals surface area contributed by atoms with Crippen molar-refractivity contribution in [2.75, 3.05) is 0 Å². The second-order valence-corrected chi connectivity index (χ2v) is 7.97. The molecule has 0 aromatic heterocycles. The van der Waals surface area contributed by atoms with Crippen LogP contribution in [0.5, 0.6) is 0 Å². The summed E-state index contributed by atoms with van der Waals surface area (Å²) >= 11 is 0. The van der Waals surface area contributed by atoms with Crippen LogP contribution in [0, 0.1) is 0 Å². The van der Waals surface area contributed by atoms with E-state index in [0.29, 0.717) is 6.42 Å². The zero-order chi connectivity index (χ0) is 14.9. The number of benzene rings is 1. The summed E-state index contributed by atoms with van der Waals surface area (Å²) in [5.41, 5.74) is 0.425. The van der Waals surface area contributed by atoms with Crippen molar-refractivity contribution in [3.05, 3.63) is 29.8 Å².